The topological polar surface area (TPSA) is 53.1 Å². The van der Waals surface area contributed by atoms with E-state index in [-0.39, 0.29) is 18.3 Å². The molecule has 1 aliphatic heterocycles. The second-order valence-corrected chi connectivity index (χ2v) is 8.73. The fraction of sp³-hybridized carbons (Fsp3) is 0.417. The largest absolute Gasteiger partial charge is 0.418 e. The van der Waals surface area contributed by atoms with Gasteiger partial charge in [0.1, 0.15) is 0 Å². The Labute approximate surface area is 197 Å². The van der Waals surface area contributed by atoms with Crippen LogP contribution in [0.4, 0.5) is 13.2 Å². The Morgan fingerprint density at radius 1 is 1.24 bits per heavy atom. The number of nitrogens with zero attached hydrogens (tertiary/aromatic N) is 3. The number of benzene rings is 1. The van der Waals surface area contributed by atoms with Gasteiger partial charge in [0.25, 0.3) is 0 Å². The number of rotatable bonds is 6. The van der Waals surface area contributed by atoms with Crippen LogP contribution in [-0.4, -0.2) is 46.7 Å². The molecule has 0 radical (unpaired) electrons. The molecule has 0 bridgehead atoms. The summed E-state index contributed by atoms with van der Waals surface area (Å²) in [6, 6.07) is 3.60. The molecule has 1 saturated heterocycles. The molecule has 2 heterocycles. The van der Waals surface area contributed by atoms with Crippen LogP contribution < -0.4 is 10.6 Å². The first-order chi connectivity index (χ1) is 15.6. The number of alkyl halides is 3. The van der Waals surface area contributed by atoms with Crippen LogP contribution in [0.15, 0.2) is 59.2 Å². The van der Waals surface area contributed by atoms with E-state index in [0.717, 1.165) is 5.56 Å². The number of halogens is 4. The zero-order chi connectivity index (χ0) is 24.2. The zero-order valence-electron chi connectivity index (χ0n) is 19.2. The predicted molar refractivity (Wildman–Crippen MR) is 127 cm³/mol. The maximum absolute atomic E-state index is 14.2. The highest BCUT2D eigenvalue weighted by molar-refractivity contribution is 6.32. The van der Waals surface area contributed by atoms with Crippen LogP contribution >= 0.6 is 11.6 Å². The summed E-state index contributed by atoms with van der Waals surface area (Å²) in [4.78, 5) is 10.3. The molecule has 1 aromatic carbocycles. The molecule has 178 valence electrons. The maximum Gasteiger partial charge on any atom is 0.418 e. The van der Waals surface area contributed by atoms with Gasteiger partial charge in [0.2, 0.25) is 0 Å². The van der Waals surface area contributed by atoms with Crippen molar-refractivity contribution < 1.29 is 13.2 Å². The number of aromatic nitrogens is 2. The van der Waals surface area contributed by atoms with Gasteiger partial charge in [-0.25, -0.2) is 0 Å². The zero-order valence-corrected chi connectivity index (χ0v) is 20.0. The normalized spacial score (nSPS) is 18.2. The van der Waals surface area contributed by atoms with Gasteiger partial charge in [-0.3, -0.25) is 9.97 Å². The van der Waals surface area contributed by atoms with Gasteiger partial charge in [0.15, 0.2) is 0 Å². The predicted octanol–water partition coefficient (Wildman–Crippen LogP) is 5.35. The quantitative estimate of drug-likeness (QED) is 0.547. The van der Waals surface area contributed by atoms with E-state index in [2.05, 4.69) is 20.6 Å². The SMILES string of the molecule is C/C=C(NCc1cc2nccnc2cc1Cl)\C(=C(/C=C(C)C)C(F)(F)F)N1CCNC(C)C1. The lowest BCUT2D eigenvalue weighted by atomic mass is 10.0. The molecule has 1 unspecified atom stereocenters. The molecule has 33 heavy (non-hydrogen) atoms. The minimum atomic E-state index is -4.51. The standard InChI is InChI=1S/C24H29ClF3N5/c1-5-20(32-13-17-11-21-22(12-19(17)25)31-7-6-30-21)23(33-9-8-29-16(4)14-33)18(10-15(2)3)24(26,27)28/h5-7,10-12,16,29,32H,8-9,13-14H2,1-4H3/b20-5+,23-18-. The van der Waals surface area contributed by atoms with Gasteiger partial charge in [0.05, 0.1) is 28.0 Å². The number of fused-ring (bicyclic) bond motifs is 1. The van der Waals surface area contributed by atoms with E-state index < -0.39 is 11.7 Å². The van der Waals surface area contributed by atoms with Crippen LogP contribution in [0.5, 0.6) is 0 Å². The van der Waals surface area contributed by atoms with Gasteiger partial charge in [-0.15, -0.1) is 0 Å². The molecule has 1 aromatic heterocycles. The minimum absolute atomic E-state index is 0.0709. The molecule has 5 nitrogen and oxygen atoms in total. The summed E-state index contributed by atoms with van der Waals surface area (Å²) in [5.74, 6) is 0. The first kappa shape index (κ1) is 25.1. The molecular formula is C24H29ClF3N5. The summed E-state index contributed by atoms with van der Waals surface area (Å²) in [5.41, 5.74) is 2.54. The van der Waals surface area contributed by atoms with Crippen LogP contribution in [0.25, 0.3) is 11.0 Å². The Kier molecular flexibility index (Phi) is 8.02. The minimum Gasteiger partial charge on any atom is -0.379 e. The van der Waals surface area contributed by atoms with Gasteiger partial charge in [-0.1, -0.05) is 23.3 Å². The third kappa shape index (κ3) is 6.26. The number of nitrogens with one attached hydrogen (secondary N) is 2. The number of allylic oxidation sites excluding steroid dienone is 4. The van der Waals surface area contributed by atoms with Crippen molar-refractivity contribution in [1.29, 1.82) is 0 Å². The van der Waals surface area contributed by atoms with Gasteiger partial charge >= 0.3 is 6.18 Å². The lowest BCUT2D eigenvalue weighted by molar-refractivity contribution is -0.0903. The smallest absolute Gasteiger partial charge is 0.379 e. The van der Waals surface area contributed by atoms with Crippen molar-refractivity contribution in [2.45, 2.75) is 46.5 Å². The van der Waals surface area contributed by atoms with Gasteiger partial charge in [-0.2, -0.15) is 13.2 Å². The Balaban J connectivity index is 2.02. The molecule has 3 rings (SSSR count). The van der Waals surface area contributed by atoms with Crippen LogP contribution in [0, 0.1) is 0 Å². The summed E-state index contributed by atoms with van der Waals surface area (Å²) in [6.45, 7) is 8.84. The van der Waals surface area contributed by atoms with Crippen molar-refractivity contribution in [2.75, 3.05) is 19.6 Å². The Hall–Kier alpha value is -2.58. The number of hydrogen-bond donors (Lipinski definition) is 2. The van der Waals surface area contributed by atoms with E-state index in [1.165, 1.54) is 6.08 Å². The van der Waals surface area contributed by atoms with Gasteiger partial charge in [-0.05, 0) is 51.5 Å². The Bertz CT molecular complexity index is 1090. The Morgan fingerprint density at radius 3 is 2.48 bits per heavy atom. The van der Waals surface area contributed by atoms with Crippen molar-refractivity contribution in [3.05, 3.63) is 69.8 Å². The molecule has 0 saturated carbocycles. The number of piperazine rings is 1. The molecule has 2 N–H and O–H groups in total. The third-order valence-corrected chi connectivity index (χ3v) is 5.68. The van der Waals surface area contributed by atoms with Crippen LogP contribution in [0.3, 0.4) is 0 Å². The highest BCUT2D eigenvalue weighted by Gasteiger charge is 2.38. The molecule has 0 aliphatic carbocycles. The van der Waals surface area contributed by atoms with E-state index in [9.17, 15) is 13.2 Å². The molecule has 2 aromatic rings. The second-order valence-electron chi connectivity index (χ2n) is 8.33. The highest BCUT2D eigenvalue weighted by atomic mass is 35.5. The molecule has 0 amide bonds. The summed E-state index contributed by atoms with van der Waals surface area (Å²) in [6.07, 6.45) is 1.56. The summed E-state index contributed by atoms with van der Waals surface area (Å²) >= 11 is 6.43. The van der Waals surface area contributed by atoms with Crippen LogP contribution in [0.1, 0.15) is 33.3 Å². The lowest BCUT2D eigenvalue weighted by Crippen LogP contribution is -2.50. The van der Waals surface area contributed by atoms with Crippen molar-refractivity contribution in [3.63, 3.8) is 0 Å². The lowest BCUT2D eigenvalue weighted by Gasteiger charge is -2.37. The average Bonchev–Trinajstić information content (AvgIpc) is 2.74. The average molecular weight is 480 g/mol. The number of hydrogen-bond acceptors (Lipinski definition) is 5. The van der Waals surface area contributed by atoms with Crippen LogP contribution in [0.2, 0.25) is 5.02 Å². The third-order valence-electron chi connectivity index (χ3n) is 5.33. The summed E-state index contributed by atoms with van der Waals surface area (Å²) < 4.78 is 42.7. The Morgan fingerprint density at radius 2 is 1.91 bits per heavy atom. The highest BCUT2D eigenvalue weighted by Crippen LogP contribution is 2.34. The molecule has 1 aliphatic rings. The van der Waals surface area contributed by atoms with Crippen molar-refractivity contribution in [2.24, 2.45) is 0 Å². The molecule has 9 heteroatoms. The van der Waals surface area contributed by atoms with E-state index in [0.29, 0.717) is 47.0 Å². The summed E-state index contributed by atoms with van der Waals surface area (Å²) in [5, 5.41) is 6.98. The van der Waals surface area contributed by atoms with E-state index >= 15 is 0 Å². The molecule has 1 atom stereocenters. The van der Waals surface area contributed by atoms with Crippen molar-refractivity contribution in [3.8, 4) is 0 Å². The first-order valence-electron chi connectivity index (χ1n) is 10.8. The maximum atomic E-state index is 14.2. The second kappa shape index (κ2) is 10.6. The van der Waals surface area contributed by atoms with E-state index in [1.807, 2.05) is 13.0 Å². The fourth-order valence-electron chi connectivity index (χ4n) is 3.87. The van der Waals surface area contributed by atoms with Gasteiger partial charge < -0.3 is 15.5 Å². The van der Waals surface area contributed by atoms with E-state index in [4.69, 9.17) is 11.6 Å². The summed E-state index contributed by atoms with van der Waals surface area (Å²) in [7, 11) is 0. The fourth-order valence-corrected chi connectivity index (χ4v) is 4.10. The molecule has 1 fully saturated rings. The first-order valence-corrected chi connectivity index (χ1v) is 11.2. The molecular weight excluding hydrogens is 451 g/mol. The van der Waals surface area contributed by atoms with Gasteiger partial charge in [0, 0.05) is 49.6 Å². The van der Waals surface area contributed by atoms with E-state index in [1.54, 1.807) is 50.2 Å². The monoisotopic (exact) mass is 479 g/mol. The van der Waals surface area contributed by atoms with Crippen molar-refractivity contribution >= 4 is 22.6 Å². The van der Waals surface area contributed by atoms with Crippen molar-refractivity contribution in [1.82, 2.24) is 25.5 Å². The molecule has 0 spiro atoms. The van der Waals surface area contributed by atoms with Crippen LogP contribution in [-0.2, 0) is 6.54 Å².